The Morgan fingerprint density at radius 1 is 1.14 bits per heavy atom. The van der Waals surface area contributed by atoms with Crippen molar-refractivity contribution in [3.63, 3.8) is 0 Å². The van der Waals surface area contributed by atoms with Gasteiger partial charge in [-0.25, -0.2) is 0 Å². The summed E-state index contributed by atoms with van der Waals surface area (Å²) >= 11 is 0. The summed E-state index contributed by atoms with van der Waals surface area (Å²) in [6.07, 6.45) is 10.7. The lowest BCUT2D eigenvalue weighted by Crippen LogP contribution is -2.22. The average Bonchev–Trinajstić information content (AvgIpc) is 2.74. The topological polar surface area (TPSA) is 29.5 Å². The first-order valence-corrected chi connectivity index (χ1v) is 10.6. The Morgan fingerprint density at radius 3 is 2.28 bits per heavy atom. The normalized spacial score (nSPS) is 25.6. The van der Waals surface area contributed by atoms with Crippen LogP contribution in [0, 0.1) is 17.8 Å². The van der Waals surface area contributed by atoms with Crippen LogP contribution in [0.2, 0.25) is 0 Å². The highest BCUT2D eigenvalue weighted by Gasteiger charge is 2.31. The van der Waals surface area contributed by atoms with Crippen LogP contribution < -0.4 is 4.74 Å². The van der Waals surface area contributed by atoms with E-state index in [1.165, 1.54) is 49.8 Å². The molecule has 2 aliphatic rings. The summed E-state index contributed by atoms with van der Waals surface area (Å²) in [6, 6.07) is 6.27. The van der Waals surface area contributed by atoms with Crippen molar-refractivity contribution >= 4 is 5.57 Å². The van der Waals surface area contributed by atoms with Gasteiger partial charge in [0.2, 0.25) is 1.43 Å². The molecule has 2 aliphatic carbocycles. The van der Waals surface area contributed by atoms with Gasteiger partial charge in [0.1, 0.15) is 5.75 Å². The van der Waals surface area contributed by atoms with Crippen LogP contribution in [-0.2, 0) is 0 Å². The van der Waals surface area contributed by atoms with Crippen molar-refractivity contribution in [1.82, 2.24) is 0 Å². The summed E-state index contributed by atoms with van der Waals surface area (Å²) in [5.41, 5.74) is 2.26. The zero-order chi connectivity index (χ0) is 22.0. The van der Waals surface area contributed by atoms with Crippen molar-refractivity contribution in [2.75, 3.05) is 6.61 Å². The number of aliphatic hydroxyl groups is 1. The van der Waals surface area contributed by atoms with Crippen molar-refractivity contribution in [2.24, 2.45) is 17.8 Å². The Labute approximate surface area is 175 Å². The number of ether oxygens (including phenoxy) is 1. The van der Waals surface area contributed by atoms with Gasteiger partial charge in [0.15, 0.2) is 0 Å². The van der Waals surface area contributed by atoms with E-state index in [0.29, 0.717) is 6.61 Å². The van der Waals surface area contributed by atoms with Crippen LogP contribution in [0.3, 0.4) is 0 Å². The molecule has 1 atom stereocenters. The van der Waals surface area contributed by atoms with Crippen LogP contribution in [-0.4, -0.2) is 19.5 Å². The van der Waals surface area contributed by atoms with Gasteiger partial charge < -0.3 is 9.85 Å². The minimum absolute atomic E-state index is 0. The van der Waals surface area contributed by atoms with Crippen molar-refractivity contribution < 1.29 is 24.4 Å². The van der Waals surface area contributed by atoms with Crippen molar-refractivity contribution in [1.29, 1.82) is 1.43 Å². The lowest BCUT2D eigenvalue weighted by atomic mass is 9.71. The third kappa shape index (κ3) is 7.88. The van der Waals surface area contributed by atoms with E-state index >= 15 is 0 Å². The maximum atomic E-state index is 12.2. The van der Waals surface area contributed by atoms with Crippen LogP contribution >= 0.6 is 0 Å². The largest absolute Gasteiger partial charge is 0.573 e. The minimum Gasteiger partial charge on any atom is -0.406 e. The van der Waals surface area contributed by atoms with Crippen LogP contribution in [0.5, 0.6) is 5.75 Å². The fraction of sp³-hybridized carbons (Fsp3) is 0.583. The number of allylic oxidation sites excluding steroid dienone is 4. The van der Waals surface area contributed by atoms with Gasteiger partial charge in [-0.2, -0.15) is 0 Å². The van der Waals surface area contributed by atoms with Gasteiger partial charge in [0, 0.05) is 8.03 Å². The third-order valence-electron chi connectivity index (χ3n) is 5.86. The van der Waals surface area contributed by atoms with Crippen LogP contribution in [0.25, 0.3) is 5.57 Å². The number of aliphatic hydroxyl groups excluding tert-OH is 1. The number of halogens is 3. The third-order valence-corrected chi connectivity index (χ3v) is 5.86. The fourth-order valence-corrected chi connectivity index (χ4v) is 4.50. The fourth-order valence-electron chi connectivity index (χ4n) is 4.50. The van der Waals surface area contributed by atoms with E-state index in [0.717, 1.165) is 36.2 Å². The summed E-state index contributed by atoms with van der Waals surface area (Å²) < 4.78 is 46.6. The molecule has 1 aromatic carbocycles. The summed E-state index contributed by atoms with van der Waals surface area (Å²) in [5, 5.41) is 3.79. The van der Waals surface area contributed by atoms with E-state index in [9.17, 15) is 13.2 Å². The van der Waals surface area contributed by atoms with E-state index < -0.39 is 6.36 Å². The molecule has 3 rings (SSSR count). The standard InChI is InChI=1S/C22H27F3O.C2H6O.H2/c1-2-3-16-4-6-17(7-5-16)18-8-10-19(11-9-18)20-12-14-21(15-13-20)26-22(23,24)25;1-2-3;/h2-3,10,12-18H,4-9,11H2,1H3;3H,2H2,1H3;1H/b3-2+;;/i;3T;. The summed E-state index contributed by atoms with van der Waals surface area (Å²) in [7, 11) is 0. The maximum absolute atomic E-state index is 12.2. The number of hydrogen-bond acceptors (Lipinski definition) is 2. The molecular formula is C24H35F3O2. The molecule has 2 nitrogen and oxygen atoms in total. The van der Waals surface area contributed by atoms with Crippen molar-refractivity contribution in [2.45, 2.75) is 65.2 Å². The first-order chi connectivity index (χ1) is 14.4. The SMILES string of the molecule is C/C=C/C1CCC(C2CC=C(c3ccc(OC(F)(F)F)cc3)CC2)CC1.[3H]OCC.[HH]. The van der Waals surface area contributed by atoms with Gasteiger partial charge in [-0.15, -0.1) is 13.2 Å². The molecule has 0 amide bonds. The summed E-state index contributed by atoms with van der Waals surface area (Å²) in [6.45, 7) is 4.36. The minimum atomic E-state index is -4.63. The van der Waals surface area contributed by atoms with Crippen molar-refractivity contribution in [3.05, 3.63) is 48.1 Å². The van der Waals surface area contributed by atoms with E-state index in [4.69, 9.17) is 1.43 Å². The summed E-state index contributed by atoms with van der Waals surface area (Å²) in [5.74, 6) is 2.20. The average molecular weight is 415 g/mol. The van der Waals surface area contributed by atoms with Gasteiger partial charge in [0.25, 0.3) is 0 Å². The molecule has 0 aliphatic heterocycles. The highest BCUT2D eigenvalue weighted by Crippen LogP contribution is 2.41. The number of alkyl halides is 3. The highest BCUT2D eigenvalue weighted by atomic mass is 19.4. The monoisotopic (exact) mass is 414 g/mol. The molecule has 5 heteroatoms. The number of hydrogen-bond donors (Lipinski definition) is 1. The summed E-state index contributed by atoms with van der Waals surface area (Å²) in [4.78, 5) is 0. The first kappa shape index (κ1) is 21.9. The molecule has 0 heterocycles. The molecule has 0 radical (unpaired) electrons. The molecule has 0 spiro atoms. The maximum Gasteiger partial charge on any atom is 0.573 e. The highest BCUT2D eigenvalue weighted by molar-refractivity contribution is 5.66. The van der Waals surface area contributed by atoms with E-state index in [2.05, 4.69) is 35.0 Å². The predicted molar refractivity (Wildman–Crippen MR) is 114 cm³/mol. The van der Waals surface area contributed by atoms with Crippen LogP contribution in [0.15, 0.2) is 42.5 Å². The van der Waals surface area contributed by atoms with E-state index in [1.54, 1.807) is 19.1 Å². The molecule has 164 valence electrons. The Morgan fingerprint density at radius 2 is 1.79 bits per heavy atom. The van der Waals surface area contributed by atoms with E-state index in [-0.39, 0.29) is 7.18 Å². The molecule has 1 aromatic rings. The zero-order valence-corrected chi connectivity index (χ0v) is 17.4. The van der Waals surface area contributed by atoms with Gasteiger partial charge in [0.05, 0.1) is 0 Å². The second-order valence-electron chi connectivity index (χ2n) is 7.83. The van der Waals surface area contributed by atoms with Crippen LogP contribution in [0.1, 0.15) is 65.8 Å². The van der Waals surface area contributed by atoms with E-state index in [1.807, 2.05) is 0 Å². The van der Waals surface area contributed by atoms with Gasteiger partial charge in [-0.05, 0) is 99.8 Å². The molecule has 0 aromatic heterocycles. The molecule has 1 saturated carbocycles. The molecule has 0 saturated heterocycles. The second kappa shape index (κ2) is 11.4. The quantitative estimate of drug-likeness (QED) is 0.509. The molecule has 29 heavy (non-hydrogen) atoms. The van der Waals surface area contributed by atoms with Crippen molar-refractivity contribution in [3.8, 4) is 5.75 Å². The number of rotatable bonds is 5. The lowest BCUT2D eigenvalue weighted by Gasteiger charge is -2.34. The smallest absolute Gasteiger partial charge is 0.406 e. The Kier molecular flexibility index (Phi) is 8.66. The van der Waals surface area contributed by atoms with Gasteiger partial charge in [-0.3, -0.25) is 0 Å². The molecule has 0 bridgehead atoms. The molecule has 1 N–H and O–H groups in total. The van der Waals surface area contributed by atoms with Gasteiger partial charge >= 0.3 is 6.36 Å². The Hall–Kier alpha value is -1.75. The predicted octanol–water partition coefficient (Wildman–Crippen LogP) is 7.40. The number of benzene rings is 1. The molecule has 1 fully saturated rings. The zero-order valence-electron chi connectivity index (χ0n) is 18.4. The van der Waals surface area contributed by atoms with Gasteiger partial charge in [-0.1, -0.05) is 30.4 Å². The lowest BCUT2D eigenvalue weighted by molar-refractivity contribution is -0.274. The first-order valence-electron chi connectivity index (χ1n) is 11.0. The molecular weight excluding hydrogens is 377 g/mol. The Balaban J connectivity index is 0.000000885. The molecule has 1 unspecified atom stereocenters. The second-order valence-corrected chi connectivity index (χ2v) is 7.83. The Bertz CT molecular complexity index is 677. The van der Waals surface area contributed by atoms with Crippen LogP contribution in [0.4, 0.5) is 13.2 Å².